The number of anilines is 1. The van der Waals surface area contributed by atoms with Gasteiger partial charge in [0.05, 0.1) is 7.11 Å². The van der Waals surface area contributed by atoms with Crippen molar-refractivity contribution in [3.63, 3.8) is 0 Å². The molecule has 124 valence electrons. The summed E-state index contributed by atoms with van der Waals surface area (Å²) in [4.78, 5) is 0. The molecule has 2 aromatic rings. The summed E-state index contributed by atoms with van der Waals surface area (Å²) in [6, 6.07) is 14.6. The standard InChI is InChI=1S/C21H29NO/c1-3-4-5-6-7-8-9-17-10-12-18(13-11-17)20-16-19(23-2)14-15-21(20)22/h10-16H,3-9,22H2,1-2H3. The highest BCUT2D eigenvalue weighted by atomic mass is 16.5. The van der Waals surface area contributed by atoms with Gasteiger partial charge in [0.2, 0.25) is 0 Å². The number of nitrogen functional groups attached to an aromatic ring is 1. The molecule has 2 heteroatoms. The molecule has 0 heterocycles. The Kier molecular flexibility index (Phi) is 6.99. The molecular weight excluding hydrogens is 282 g/mol. The van der Waals surface area contributed by atoms with Crippen molar-refractivity contribution in [3.05, 3.63) is 48.0 Å². The highest BCUT2D eigenvalue weighted by Gasteiger charge is 2.05. The first-order valence-corrected chi connectivity index (χ1v) is 8.77. The fourth-order valence-corrected chi connectivity index (χ4v) is 2.87. The van der Waals surface area contributed by atoms with E-state index in [2.05, 4.69) is 31.2 Å². The average molecular weight is 311 g/mol. The van der Waals surface area contributed by atoms with Crippen LogP contribution in [0.2, 0.25) is 0 Å². The predicted molar refractivity (Wildman–Crippen MR) is 99.9 cm³/mol. The number of nitrogens with two attached hydrogens (primary N) is 1. The highest BCUT2D eigenvalue weighted by Crippen LogP contribution is 2.30. The van der Waals surface area contributed by atoms with Gasteiger partial charge in [-0.05, 0) is 42.2 Å². The minimum atomic E-state index is 0.787. The molecule has 2 nitrogen and oxygen atoms in total. The number of ether oxygens (including phenoxy) is 1. The highest BCUT2D eigenvalue weighted by molar-refractivity contribution is 5.77. The molecule has 0 saturated carbocycles. The number of methoxy groups -OCH3 is 1. The molecule has 0 radical (unpaired) electrons. The summed E-state index contributed by atoms with van der Waals surface area (Å²) in [6.07, 6.45) is 9.22. The number of unbranched alkanes of at least 4 members (excludes halogenated alkanes) is 5. The summed E-state index contributed by atoms with van der Waals surface area (Å²) in [5.74, 6) is 0.838. The number of rotatable bonds is 9. The van der Waals surface area contributed by atoms with Crippen molar-refractivity contribution in [2.24, 2.45) is 0 Å². The third-order valence-corrected chi connectivity index (χ3v) is 4.34. The van der Waals surface area contributed by atoms with Crippen molar-refractivity contribution in [2.45, 2.75) is 51.9 Å². The number of aryl methyl sites for hydroxylation is 1. The van der Waals surface area contributed by atoms with Crippen LogP contribution in [0.5, 0.6) is 5.75 Å². The Morgan fingerprint density at radius 3 is 2.26 bits per heavy atom. The fourth-order valence-electron chi connectivity index (χ4n) is 2.87. The van der Waals surface area contributed by atoms with Crippen molar-refractivity contribution in [1.29, 1.82) is 0 Å². The Bertz CT molecular complexity index is 589. The van der Waals surface area contributed by atoms with Gasteiger partial charge in [-0.1, -0.05) is 63.3 Å². The molecule has 0 aromatic heterocycles. The van der Waals surface area contributed by atoms with Crippen molar-refractivity contribution in [3.8, 4) is 16.9 Å². The number of benzene rings is 2. The van der Waals surface area contributed by atoms with E-state index in [0.717, 1.165) is 22.6 Å². The lowest BCUT2D eigenvalue weighted by Crippen LogP contribution is -1.92. The van der Waals surface area contributed by atoms with Gasteiger partial charge in [0, 0.05) is 11.3 Å². The summed E-state index contributed by atoms with van der Waals surface area (Å²) in [5.41, 5.74) is 10.5. The van der Waals surface area contributed by atoms with E-state index >= 15 is 0 Å². The minimum Gasteiger partial charge on any atom is -0.497 e. The van der Waals surface area contributed by atoms with E-state index in [4.69, 9.17) is 10.5 Å². The van der Waals surface area contributed by atoms with Crippen LogP contribution in [0.4, 0.5) is 5.69 Å². The van der Waals surface area contributed by atoms with Crippen LogP contribution >= 0.6 is 0 Å². The topological polar surface area (TPSA) is 35.2 Å². The minimum absolute atomic E-state index is 0.787. The van der Waals surface area contributed by atoms with Crippen molar-refractivity contribution in [2.75, 3.05) is 12.8 Å². The van der Waals surface area contributed by atoms with Crippen molar-refractivity contribution >= 4 is 5.69 Å². The molecule has 0 spiro atoms. The maximum Gasteiger partial charge on any atom is 0.119 e. The van der Waals surface area contributed by atoms with E-state index in [1.165, 1.54) is 50.5 Å². The van der Waals surface area contributed by atoms with Gasteiger partial charge in [0.1, 0.15) is 5.75 Å². The Morgan fingerprint density at radius 1 is 0.870 bits per heavy atom. The van der Waals surface area contributed by atoms with Crippen LogP contribution in [0.25, 0.3) is 11.1 Å². The molecule has 2 N–H and O–H groups in total. The lowest BCUT2D eigenvalue weighted by Gasteiger charge is -2.09. The fraction of sp³-hybridized carbons (Fsp3) is 0.429. The Labute approximate surface area is 140 Å². The zero-order valence-electron chi connectivity index (χ0n) is 14.5. The van der Waals surface area contributed by atoms with Gasteiger partial charge in [-0.15, -0.1) is 0 Å². The van der Waals surface area contributed by atoms with Crippen LogP contribution < -0.4 is 10.5 Å². The van der Waals surface area contributed by atoms with E-state index in [0.29, 0.717) is 0 Å². The molecular formula is C21H29NO. The maximum atomic E-state index is 6.10. The molecule has 0 amide bonds. The van der Waals surface area contributed by atoms with E-state index in [9.17, 15) is 0 Å². The van der Waals surface area contributed by atoms with E-state index < -0.39 is 0 Å². The average Bonchev–Trinajstić information content (AvgIpc) is 2.59. The zero-order chi connectivity index (χ0) is 16.5. The zero-order valence-corrected chi connectivity index (χ0v) is 14.5. The molecule has 0 unspecified atom stereocenters. The summed E-state index contributed by atoms with van der Waals surface area (Å²) < 4.78 is 5.29. The molecule has 0 atom stereocenters. The first-order chi connectivity index (χ1) is 11.2. The number of hydrogen-bond donors (Lipinski definition) is 1. The summed E-state index contributed by atoms with van der Waals surface area (Å²) in [6.45, 7) is 2.26. The van der Waals surface area contributed by atoms with Crippen molar-refractivity contribution < 1.29 is 4.74 Å². The molecule has 23 heavy (non-hydrogen) atoms. The second kappa shape index (κ2) is 9.24. The van der Waals surface area contributed by atoms with Gasteiger partial charge in [0.25, 0.3) is 0 Å². The molecule has 0 saturated heterocycles. The second-order valence-electron chi connectivity index (χ2n) is 6.17. The van der Waals surface area contributed by atoms with Crippen LogP contribution in [0.15, 0.2) is 42.5 Å². The smallest absolute Gasteiger partial charge is 0.119 e. The Morgan fingerprint density at radius 2 is 1.57 bits per heavy atom. The third kappa shape index (κ3) is 5.31. The molecule has 0 aliphatic rings. The monoisotopic (exact) mass is 311 g/mol. The van der Waals surface area contributed by atoms with Gasteiger partial charge < -0.3 is 10.5 Å². The van der Waals surface area contributed by atoms with Gasteiger partial charge in [-0.3, -0.25) is 0 Å². The van der Waals surface area contributed by atoms with E-state index in [1.54, 1.807) is 7.11 Å². The first kappa shape index (κ1) is 17.4. The van der Waals surface area contributed by atoms with Gasteiger partial charge in [-0.2, -0.15) is 0 Å². The summed E-state index contributed by atoms with van der Waals surface area (Å²) >= 11 is 0. The lowest BCUT2D eigenvalue weighted by atomic mass is 9.99. The van der Waals surface area contributed by atoms with Crippen LogP contribution in [0, 0.1) is 0 Å². The summed E-state index contributed by atoms with van der Waals surface area (Å²) in [7, 11) is 1.68. The van der Waals surface area contributed by atoms with Gasteiger partial charge in [0.15, 0.2) is 0 Å². The molecule has 0 bridgehead atoms. The molecule has 2 rings (SSSR count). The van der Waals surface area contributed by atoms with Crippen LogP contribution in [0.1, 0.15) is 51.0 Å². The molecule has 0 aliphatic carbocycles. The third-order valence-electron chi connectivity index (χ3n) is 4.34. The normalized spacial score (nSPS) is 10.7. The van der Waals surface area contributed by atoms with Crippen LogP contribution in [-0.2, 0) is 6.42 Å². The second-order valence-corrected chi connectivity index (χ2v) is 6.17. The molecule has 0 fully saturated rings. The Hall–Kier alpha value is -1.96. The SMILES string of the molecule is CCCCCCCCc1ccc(-c2cc(OC)ccc2N)cc1. The largest absolute Gasteiger partial charge is 0.497 e. The molecule has 0 aliphatic heterocycles. The van der Waals surface area contributed by atoms with Gasteiger partial charge in [-0.25, -0.2) is 0 Å². The van der Waals surface area contributed by atoms with Crippen LogP contribution in [0.3, 0.4) is 0 Å². The quantitative estimate of drug-likeness (QED) is 0.466. The van der Waals surface area contributed by atoms with Crippen molar-refractivity contribution in [1.82, 2.24) is 0 Å². The maximum absolute atomic E-state index is 6.10. The van der Waals surface area contributed by atoms with Gasteiger partial charge >= 0.3 is 0 Å². The summed E-state index contributed by atoms with van der Waals surface area (Å²) in [5, 5.41) is 0. The first-order valence-electron chi connectivity index (χ1n) is 8.77. The van der Waals surface area contributed by atoms with Crippen LogP contribution in [-0.4, -0.2) is 7.11 Å². The lowest BCUT2D eigenvalue weighted by molar-refractivity contribution is 0.415. The van der Waals surface area contributed by atoms with E-state index in [1.807, 2.05) is 18.2 Å². The number of hydrogen-bond acceptors (Lipinski definition) is 2. The molecule has 2 aromatic carbocycles. The Balaban J connectivity index is 1.92. The predicted octanol–water partition coefficient (Wildman–Crippen LogP) is 5.85. The van der Waals surface area contributed by atoms with E-state index in [-0.39, 0.29) is 0 Å².